The van der Waals surface area contributed by atoms with E-state index in [0.29, 0.717) is 12.1 Å². The molecule has 2 atom stereocenters. The molecule has 2 rings (SSSR count). The number of rotatable bonds is 6. The van der Waals surface area contributed by atoms with Gasteiger partial charge in [0.05, 0.1) is 6.10 Å². The van der Waals surface area contributed by atoms with Crippen LogP contribution in [0, 0.1) is 6.92 Å². The Bertz CT molecular complexity index is 381. The van der Waals surface area contributed by atoms with Crippen LogP contribution in [0.5, 0.6) is 5.75 Å². The average molecular weight is 275 g/mol. The molecule has 0 N–H and O–H groups in total. The van der Waals surface area contributed by atoms with E-state index in [-0.39, 0.29) is 0 Å². The largest absolute Gasteiger partial charge is 0.491 e. The summed E-state index contributed by atoms with van der Waals surface area (Å²) in [5, 5.41) is 0. The van der Waals surface area contributed by atoms with Gasteiger partial charge in [-0.1, -0.05) is 24.1 Å². The second-order valence-corrected chi connectivity index (χ2v) is 6.26. The molecule has 0 amide bonds. The molecule has 1 aliphatic rings. The predicted molar refractivity (Wildman–Crippen MR) is 85.4 cm³/mol. The minimum Gasteiger partial charge on any atom is -0.491 e. The van der Waals surface area contributed by atoms with Gasteiger partial charge in [0.15, 0.2) is 0 Å². The van der Waals surface area contributed by atoms with Crippen LogP contribution in [-0.2, 0) is 0 Å². The summed E-state index contributed by atoms with van der Waals surface area (Å²) in [6.45, 7) is 9.23. The van der Waals surface area contributed by atoms with E-state index in [0.717, 1.165) is 12.2 Å². The van der Waals surface area contributed by atoms with Gasteiger partial charge >= 0.3 is 0 Å². The molecule has 112 valence electrons. The molecule has 0 radical (unpaired) electrons. The summed E-state index contributed by atoms with van der Waals surface area (Å²) < 4.78 is 5.99. The Balaban J connectivity index is 1.71. The fourth-order valence-corrected chi connectivity index (χ4v) is 2.93. The lowest BCUT2D eigenvalue weighted by atomic mass is 10.0. The van der Waals surface area contributed by atoms with Crippen molar-refractivity contribution in [3.05, 3.63) is 29.8 Å². The maximum absolute atomic E-state index is 5.99. The zero-order valence-electron chi connectivity index (χ0n) is 13.3. The maximum Gasteiger partial charge on any atom is 0.119 e. The first-order valence-electron chi connectivity index (χ1n) is 8.12. The van der Waals surface area contributed by atoms with Crippen molar-refractivity contribution in [3.8, 4) is 5.75 Å². The number of nitrogens with zero attached hydrogens (tertiary/aromatic N) is 1. The molecule has 0 bridgehead atoms. The summed E-state index contributed by atoms with van der Waals surface area (Å²) in [6, 6.07) is 9.05. The zero-order valence-corrected chi connectivity index (χ0v) is 13.3. The topological polar surface area (TPSA) is 12.5 Å². The SMILES string of the molecule is Cc1ccc(O[C@@H](C)CC[C@H](C)N2CCCCC2)cc1. The van der Waals surface area contributed by atoms with E-state index in [1.807, 2.05) is 0 Å². The molecular weight excluding hydrogens is 246 g/mol. The normalized spacial score (nSPS) is 19.6. The van der Waals surface area contributed by atoms with E-state index < -0.39 is 0 Å². The first kappa shape index (κ1) is 15.4. The van der Waals surface area contributed by atoms with Gasteiger partial charge in [-0.05, 0) is 71.7 Å². The standard InChI is InChI=1S/C18H29NO/c1-15-7-11-18(12-8-15)20-17(3)10-9-16(2)19-13-5-4-6-14-19/h7-8,11-12,16-17H,4-6,9-10,13-14H2,1-3H3/t16-,17-/m0/s1. The van der Waals surface area contributed by atoms with Gasteiger partial charge in [0.25, 0.3) is 0 Å². The van der Waals surface area contributed by atoms with Crippen molar-refractivity contribution in [2.45, 2.75) is 65.0 Å². The Kier molecular flexibility index (Phi) is 5.90. The molecule has 2 nitrogen and oxygen atoms in total. The van der Waals surface area contributed by atoms with Crippen LogP contribution in [0.3, 0.4) is 0 Å². The van der Waals surface area contributed by atoms with E-state index in [9.17, 15) is 0 Å². The van der Waals surface area contributed by atoms with Crippen LogP contribution in [0.2, 0.25) is 0 Å². The van der Waals surface area contributed by atoms with Gasteiger partial charge in [-0.3, -0.25) is 0 Å². The highest BCUT2D eigenvalue weighted by Crippen LogP contribution is 2.18. The lowest BCUT2D eigenvalue weighted by molar-refractivity contribution is 0.142. The maximum atomic E-state index is 5.99. The van der Waals surface area contributed by atoms with Crippen molar-refractivity contribution in [2.24, 2.45) is 0 Å². The summed E-state index contributed by atoms with van der Waals surface area (Å²) in [5.41, 5.74) is 1.28. The number of hydrogen-bond donors (Lipinski definition) is 0. The molecule has 20 heavy (non-hydrogen) atoms. The van der Waals surface area contributed by atoms with Gasteiger partial charge < -0.3 is 9.64 Å². The van der Waals surface area contributed by atoms with E-state index in [2.05, 4.69) is 49.9 Å². The molecule has 1 aromatic carbocycles. The van der Waals surface area contributed by atoms with Crippen LogP contribution in [-0.4, -0.2) is 30.1 Å². The highest BCUT2D eigenvalue weighted by molar-refractivity contribution is 5.26. The summed E-state index contributed by atoms with van der Waals surface area (Å²) in [5.74, 6) is 0.994. The van der Waals surface area contributed by atoms with Gasteiger partial charge in [-0.25, -0.2) is 0 Å². The minimum absolute atomic E-state index is 0.296. The quantitative estimate of drug-likeness (QED) is 0.762. The van der Waals surface area contributed by atoms with Gasteiger partial charge in [-0.2, -0.15) is 0 Å². The molecular formula is C18H29NO. The van der Waals surface area contributed by atoms with Crippen molar-refractivity contribution in [1.82, 2.24) is 4.90 Å². The first-order chi connectivity index (χ1) is 9.65. The number of benzene rings is 1. The third kappa shape index (κ3) is 4.82. The van der Waals surface area contributed by atoms with Crippen molar-refractivity contribution in [2.75, 3.05) is 13.1 Å². The van der Waals surface area contributed by atoms with Crippen LogP contribution < -0.4 is 4.74 Å². The van der Waals surface area contributed by atoms with Crippen molar-refractivity contribution in [3.63, 3.8) is 0 Å². The summed E-state index contributed by atoms with van der Waals surface area (Å²) >= 11 is 0. The summed E-state index contributed by atoms with van der Waals surface area (Å²) in [6.07, 6.45) is 6.82. The number of hydrogen-bond acceptors (Lipinski definition) is 2. The molecule has 1 heterocycles. The third-order valence-corrected chi connectivity index (χ3v) is 4.36. The van der Waals surface area contributed by atoms with Crippen molar-refractivity contribution >= 4 is 0 Å². The van der Waals surface area contributed by atoms with Crippen molar-refractivity contribution in [1.29, 1.82) is 0 Å². The Morgan fingerprint density at radius 1 is 1.00 bits per heavy atom. The second kappa shape index (κ2) is 7.68. The number of ether oxygens (including phenoxy) is 1. The number of piperidine rings is 1. The molecule has 0 saturated carbocycles. The smallest absolute Gasteiger partial charge is 0.119 e. The molecule has 1 fully saturated rings. The van der Waals surface area contributed by atoms with Crippen LogP contribution in [0.15, 0.2) is 24.3 Å². The first-order valence-corrected chi connectivity index (χ1v) is 8.12. The van der Waals surface area contributed by atoms with Crippen LogP contribution in [0.4, 0.5) is 0 Å². The fraction of sp³-hybridized carbons (Fsp3) is 0.667. The number of aryl methyl sites for hydroxylation is 1. The minimum atomic E-state index is 0.296. The molecule has 0 spiro atoms. The van der Waals surface area contributed by atoms with Gasteiger partial charge in [0.2, 0.25) is 0 Å². The molecule has 1 saturated heterocycles. The Morgan fingerprint density at radius 3 is 2.30 bits per heavy atom. The average Bonchev–Trinajstić information content (AvgIpc) is 2.48. The molecule has 1 aliphatic heterocycles. The summed E-state index contributed by atoms with van der Waals surface area (Å²) in [4.78, 5) is 2.64. The van der Waals surface area contributed by atoms with Crippen molar-refractivity contribution < 1.29 is 4.74 Å². The predicted octanol–water partition coefficient (Wildman–Crippen LogP) is 4.42. The summed E-state index contributed by atoms with van der Waals surface area (Å²) in [7, 11) is 0. The molecule has 0 aliphatic carbocycles. The second-order valence-electron chi connectivity index (χ2n) is 6.26. The van der Waals surface area contributed by atoms with Gasteiger partial charge in [-0.15, -0.1) is 0 Å². The molecule has 0 unspecified atom stereocenters. The van der Waals surface area contributed by atoms with Crippen LogP contribution >= 0.6 is 0 Å². The number of likely N-dealkylation sites (tertiary alicyclic amines) is 1. The molecule has 2 heteroatoms. The van der Waals surface area contributed by atoms with Gasteiger partial charge in [0, 0.05) is 6.04 Å². The van der Waals surface area contributed by atoms with Crippen LogP contribution in [0.25, 0.3) is 0 Å². The van der Waals surface area contributed by atoms with E-state index >= 15 is 0 Å². The monoisotopic (exact) mass is 275 g/mol. The zero-order chi connectivity index (χ0) is 14.4. The van der Waals surface area contributed by atoms with Gasteiger partial charge in [0.1, 0.15) is 5.75 Å². The van der Waals surface area contributed by atoms with E-state index in [4.69, 9.17) is 4.74 Å². The Morgan fingerprint density at radius 2 is 1.65 bits per heavy atom. The third-order valence-electron chi connectivity index (χ3n) is 4.36. The molecule has 1 aromatic rings. The van der Waals surface area contributed by atoms with Crippen LogP contribution in [0.1, 0.15) is 51.5 Å². The lowest BCUT2D eigenvalue weighted by Gasteiger charge is -2.32. The molecule has 0 aromatic heterocycles. The van der Waals surface area contributed by atoms with E-state index in [1.165, 1.54) is 44.3 Å². The Labute approximate surface area is 124 Å². The lowest BCUT2D eigenvalue weighted by Crippen LogP contribution is -2.37. The highest BCUT2D eigenvalue weighted by Gasteiger charge is 2.17. The fourth-order valence-electron chi connectivity index (χ4n) is 2.93. The van der Waals surface area contributed by atoms with E-state index in [1.54, 1.807) is 0 Å². The Hall–Kier alpha value is -1.02. The highest BCUT2D eigenvalue weighted by atomic mass is 16.5.